The van der Waals surface area contributed by atoms with Gasteiger partial charge in [0, 0.05) is 18.3 Å². The summed E-state index contributed by atoms with van der Waals surface area (Å²) in [5.41, 5.74) is 7.71. The summed E-state index contributed by atoms with van der Waals surface area (Å²) < 4.78 is 0. The lowest BCUT2D eigenvalue weighted by molar-refractivity contribution is 0.0917. The number of carbonyl (C=O) groups excluding carboxylic acids is 1. The fourth-order valence-corrected chi connectivity index (χ4v) is 1.95. The van der Waals surface area contributed by atoms with E-state index in [9.17, 15) is 4.79 Å². The number of aliphatic hydroxyl groups excluding tert-OH is 1. The highest BCUT2D eigenvalue weighted by Crippen LogP contribution is 2.17. The van der Waals surface area contributed by atoms with E-state index in [-0.39, 0.29) is 24.5 Å². The summed E-state index contributed by atoms with van der Waals surface area (Å²) in [5, 5.41) is 11.9. The van der Waals surface area contributed by atoms with Gasteiger partial charge in [-0.25, -0.2) is 0 Å². The first-order valence-electron chi connectivity index (χ1n) is 6.24. The van der Waals surface area contributed by atoms with Gasteiger partial charge < -0.3 is 16.2 Å². The van der Waals surface area contributed by atoms with E-state index < -0.39 is 0 Å². The molecule has 1 unspecified atom stereocenters. The second-order valence-electron chi connectivity index (χ2n) is 4.88. The highest BCUT2D eigenvalue weighted by atomic mass is 16.3. The van der Waals surface area contributed by atoms with Crippen LogP contribution in [-0.4, -0.2) is 23.7 Å². The van der Waals surface area contributed by atoms with E-state index in [0.717, 1.165) is 5.56 Å². The topological polar surface area (TPSA) is 75.4 Å². The molecule has 4 N–H and O–H groups in total. The number of hydrogen-bond donors (Lipinski definition) is 3. The molecule has 1 aromatic rings. The summed E-state index contributed by atoms with van der Waals surface area (Å²) in [6.45, 7) is 5.96. The fraction of sp³-hybridized carbons (Fsp3) is 0.500. The second-order valence-corrected chi connectivity index (χ2v) is 4.88. The van der Waals surface area contributed by atoms with Gasteiger partial charge in [0.2, 0.25) is 0 Å². The molecule has 0 radical (unpaired) electrons. The second kappa shape index (κ2) is 6.40. The Kier molecular flexibility index (Phi) is 5.16. The molecule has 1 amide bonds. The van der Waals surface area contributed by atoms with E-state index in [1.165, 1.54) is 0 Å². The molecule has 1 rings (SSSR count). The summed E-state index contributed by atoms with van der Waals surface area (Å²) in [4.78, 5) is 12.2. The molecular weight excluding hydrogens is 228 g/mol. The number of aryl methyl sites for hydroxylation is 1. The van der Waals surface area contributed by atoms with Gasteiger partial charge in [-0.1, -0.05) is 26.0 Å². The zero-order valence-electron chi connectivity index (χ0n) is 11.2. The van der Waals surface area contributed by atoms with E-state index in [1.807, 2.05) is 32.9 Å². The molecule has 1 aromatic carbocycles. The molecule has 0 heterocycles. The summed E-state index contributed by atoms with van der Waals surface area (Å²) in [7, 11) is 0. The van der Waals surface area contributed by atoms with Crippen molar-refractivity contribution in [2.45, 2.75) is 33.2 Å². The van der Waals surface area contributed by atoms with Crippen molar-refractivity contribution >= 4 is 11.6 Å². The average molecular weight is 250 g/mol. The van der Waals surface area contributed by atoms with Crippen molar-refractivity contribution in [3.8, 4) is 0 Å². The van der Waals surface area contributed by atoms with E-state index in [0.29, 0.717) is 17.7 Å². The van der Waals surface area contributed by atoms with Crippen molar-refractivity contribution in [2.24, 2.45) is 5.92 Å². The van der Waals surface area contributed by atoms with Gasteiger partial charge in [-0.2, -0.15) is 0 Å². The lowest BCUT2D eigenvalue weighted by Crippen LogP contribution is -2.39. The summed E-state index contributed by atoms with van der Waals surface area (Å²) in [5.74, 6) is 0.101. The van der Waals surface area contributed by atoms with Crippen LogP contribution >= 0.6 is 0 Å². The van der Waals surface area contributed by atoms with Crippen LogP contribution in [0.5, 0.6) is 0 Å². The Bertz CT molecular complexity index is 396. The molecule has 0 aliphatic carbocycles. The monoisotopic (exact) mass is 250 g/mol. The maximum Gasteiger partial charge on any atom is 0.253 e. The number of nitrogen functional groups attached to an aromatic ring is 1. The number of carbonyl (C=O) groups is 1. The van der Waals surface area contributed by atoms with Gasteiger partial charge in [-0.15, -0.1) is 0 Å². The lowest BCUT2D eigenvalue weighted by atomic mass is 9.99. The van der Waals surface area contributed by atoms with Crippen LogP contribution in [-0.2, 0) is 0 Å². The van der Waals surface area contributed by atoms with Crippen LogP contribution in [0.3, 0.4) is 0 Å². The molecule has 0 bridgehead atoms. The molecule has 0 aliphatic heterocycles. The molecule has 0 aliphatic rings. The van der Waals surface area contributed by atoms with Crippen LogP contribution in [0.2, 0.25) is 0 Å². The van der Waals surface area contributed by atoms with E-state index in [1.54, 1.807) is 6.07 Å². The smallest absolute Gasteiger partial charge is 0.253 e. The molecule has 0 aromatic heterocycles. The molecule has 18 heavy (non-hydrogen) atoms. The number of hydrogen-bond acceptors (Lipinski definition) is 3. The van der Waals surface area contributed by atoms with Crippen LogP contribution in [0.15, 0.2) is 18.2 Å². The molecule has 4 heteroatoms. The van der Waals surface area contributed by atoms with Crippen LogP contribution in [0.1, 0.15) is 36.2 Å². The summed E-state index contributed by atoms with van der Waals surface area (Å²) in [6, 6.07) is 5.37. The maximum absolute atomic E-state index is 12.2. The number of nitrogens with one attached hydrogen (secondary N) is 1. The molecule has 0 spiro atoms. The molecule has 4 nitrogen and oxygen atoms in total. The molecule has 1 atom stereocenters. The SMILES string of the molecule is Cc1cccc(N)c1C(=O)NC(CCO)C(C)C. The van der Waals surface area contributed by atoms with Crippen LogP contribution in [0, 0.1) is 12.8 Å². The van der Waals surface area contributed by atoms with E-state index >= 15 is 0 Å². The van der Waals surface area contributed by atoms with Crippen molar-refractivity contribution in [2.75, 3.05) is 12.3 Å². The van der Waals surface area contributed by atoms with E-state index in [4.69, 9.17) is 10.8 Å². The first kappa shape index (κ1) is 14.5. The standard InChI is InChI=1S/C14H22N2O2/c1-9(2)12(7-8-17)16-14(18)13-10(3)5-4-6-11(13)15/h4-6,9,12,17H,7-8,15H2,1-3H3,(H,16,18). The molecule has 0 saturated carbocycles. The zero-order valence-corrected chi connectivity index (χ0v) is 11.2. The Morgan fingerprint density at radius 2 is 2.11 bits per heavy atom. The first-order chi connectivity index (χ1) is 8.47. The highest BCUT2D eigenvalue weighted by Gasteiger charge is 2.19. The Labute approximate surface area is 108 Å². The largest absolute Gasteiger partial charge is 0.398 e. The number of benzene rings is 1. The normalized spacial score (nSPS) is 12.5. The summed E-state index contributed by atoms with van der Waals surface area (Å²) >= 11 is 0. The van der Waals surface area contributed by atoms with Crippen molar-refractivity contribution in [3.05, 3.63) is 29.3 Å². The van der Waals surface area contributed by atoms with Crippen molar-refractivity contribution in [1.82, 2.24) is 5.32 Å². The van der Waals surface area contributed by atoms with Gasteiger partial charge in [-0.3, -0.25) is 4.79 Å². The van der Waals surface area contributed by atoms with Gasteiger partial charge in [-0.05, 0) is 30.9 Å². The number of aliphatic hydroxyl groups is 1. The lowest BCUT2D eigenvalue weighted by Gasteiger charge is -2.22. The minimum absolute atomic E-state index is 0.0403. The minimum Gasteiger partial charge on any atom is -0.398 e. The minimum atomic E-state index is -0.169. The average Bonchev–Trinajstić information content (AvgIpc) is 2.28. The predicted molar refractivity (Wildman–Crippen MR) is 73.4 cm³/mol. The Balaban J connectivity index is 2.87. The number of rotatable bonds is 5. The van der Waals surface area contributed by atoms with Crippen molar-refractivity contribution in [3.63, 3.8) is 0 Å². The maximum atomic E-state index is 12.2. The molecule has 100 valence electrons. The Morgan fingerprint density at radius 1 is 1.44 bits per heavy atom. The van der Waals surface area contributed by atoms with E-state index in [2.05, 4.69) is 5.32 Å². The molecule has 0 fully saturated rings. The third kappa shape index (κ3) is 3.47. The third-order valence-corrected chi connectivity index (χ3v) is 3.09. The number of amides is 1. The zero-order chi connectivity index (χ0) is 13.7. The van der Waals surface area contributed by atoms with Gasteiger partial charge in [0.1, 0.15) is 0 Å². The van der Waals surface area contributed by atoms with Crippen molar-refractivity contribution in [1.29, 1.82) is 0 Å². The van der Waals surface area contributed by atoms with Crippen LogP contribution in [0.4, 0.5) is 5.69 Å². The van der Waals surface area contributed by atoms with Crippen LogP contribution < -0.4 is 11.1 Å². The Morgan fingerprint density at radius 3 is 2.61 bits per heavy atom. The quantitative estimate of drug-likeness (QED) is 0.696. The number of anilines is 1. The first-order valence-corrected chi connectivity index (χ1v) is 6.24. The Hall–Kier alpha value is -1.55. The fourth-order valence-electron chi connectivity index (χ4n) is 1.95. The van der Waals surface area contributed by atoms with Gasteiger partial charge in [0.15, 0.2) is 0 Å². The van der Waals surface area contributed by atoms with Gasteiger partial charge in [0.25, 0.3) is 5.91 Å². The molecule has 0 saturated heterocycles. The number of nitrogens with two attached hydrogens (primary N) is 1. The van der Waals surface area contributed by atoms with Crippen molar-refractivity contribution < 1.29 is 9.90 Å². The molecular formula is C14H22N2O2. The van der Waals surface area contributed by atoms with Crippen LogP contribution in [0.25, 0.3) is 0 Å². The summed E-state index contributed by atoms with van der Waals surface area (Å²) in [6.07, 6.45) is 0.551. The third-order valence-electron chi connectivity index (χ3n) is 3.09. The van der Waals surface area contributed by atoms with Gasteiger partial charge in [0.05, 0.1) is 5.56 Å². The van der Waals surface area contributed by atoms with Gasteiger partial charge >= 0.3 is 0 Å². The predicted octanol–water partition coefficient (Wildman–Crippen LogP) is 1.71. The highest BCUT2D eigenvalue weighted by molar-refractivity contribution is 6.00.